The van der Waals surface area contributed by atoms with E-state index in [0.29, 0.717) is 28.6 Å². The van der Waals surface area contributed by atoms with E-state index in [1.54, 1.807) is 42.5 Å². The fourth-order valence-corrected chi connectivity index (χ4v) is 6.93. The molecule has 5 rings (SSSR count). The van der Waals surface area contributed by atoms with Gasteiger partial charge in [0.15, 0.2) is 9.84 Å². The number of hydrogen-bond donors (Lipinski definition) is 2. The second kappa shape index (κ2) is 14.3. The highest BCUT2D eigenvalue weighted by Gasteiger charge is 2.23. The van der Waals surface area contributed by atoms with E-state index >= 15 is 0 Å². The number of hydrogen-bond acceptors (Lipinski definition) is 8. The smallest absolute Gasteiger partial charge is 0.366 e. The highest BCUT2D eigenvalue weighted by molar-refractivity contribution is 7.91. The molecule has 0 saturated carbocycles. The molecule has 45 heavy (non-hydrogen) atoms. The molecule has 0 aliphatic rings. The number of amides is 1. The quantitative estimate of drug-likeness (QED) is 0.129. The largest absolute Gasteiger partial charge is 0.486 e. The number of thiazole rings is 1. The minimum atomic E-state index is -3.44. The van der Waals surface area contributed by atoms with Gasteiger partial charge < -0.3 is 19.9 Å². The van der Waals surface area contributed by atoms with Crippen LogP contribution in [-0.4, -0.2) is 42.4 Å². The Hall–Kier alpha value is -4.16. The van der Waals surface area contributed by atoms with Crippen molar-refractivity contribution < 1.29 is 32.6 Å². The van der Waals surface area contributed by atoms with Crippen LogP contribution in [0.25, 0.3) is 10.2 Å². The Morgan fingerprint density at radius 3 is 2.27 bits per heavy atom. The van der Waals surface area contributed by atoms with Gasteiger partial charge in [0.25, 0.3) is 12.1 Å². The van der Waals surface area contributed by atoms with Gasteiger partial charge in [0, 0.05) is 10.6 Å². The molecule has 0 bridgehead atoms. The van der Waals surface area contributed by atoms with Crippen molar-refractivity contribution in [1.29, 1.82) is 0 Å². The number of sulfone groups is 1. The third kappa shape index (κ3) is 8.52. The topological polar surface area (TPSA) is 132 Å². The third-order valence-corrected chi connectivity index (χ3v) is 9.98. The number of aromatic nitrogens is 1. The Bertz CT molecular complexity index is 1910. The standard InChI is InChI=1S/C32H26Cl2N2O7S2/c33-22-10-16-25(17-11-22)45(40,41)18-2-3-20-6-12-24(13-7-20)43-31(32(38)39)36-30(37)21-8-14-23(15-9-21)42-19-28-35-29-26(34)4-1-5-27(29)44-28/h1,4-17,31H,2-3,18-19H2,(H,36,37)(H,38,39). The molecular formula is C32H26Cl2N2O7S2. The van der Waals surface area contributed by atoms with Crippen LogP contribution in [0, 0.1) is 0 Å². The number of nitrogens with one attached hydrogen (secondary N) is 1. The second-order valence-corrected chi connectivity index (χ2v) is 13.9. The Morgan fingerprint density at radius 1 is 0.911 bits per heavy atom. The lowest BCUT2D eigenvalue weighted by molar-refractivity contribution is -0.146. The molecule has 2 N–H and O–H groups in total. The van der Waals surface area contributed by atoms with E-state index in [0.717, 1.165) is 20.8 Å². The average Bonchev–Trinajstić information content (AvgIpc) is 3.45. The number of nitrogens with zero attached hydrogens (tertiary/aromatic N) is 1. The zero-order chi connectivity index (χ0) is 32.0. The molecule has 1 amide bonds. The van der Waals surface area contributed by atoms with Crippen LogP contribution in [0.15, 0.2) is 95.9 Å². The van der Waals surface area contributed by atoms with Crippen molar-refractivity contribution in [2.24, 2.45) is 0 Å². The monoisotopic (exact) mass is 684 g/mol. The van der Waals surface area contributed by atoms with E-state index in [9.17, 15) is 23.1 Å². The zero-order valence-electron chi connectivity index (χ0n) is 23.5. The molecule has 13 heteroatoms. The highest BCUT2D eigenvalue weighted by atomic mass is 35.5. The third-order valence-electron chi connectivity index (χ3n) is 6.61. The number of rotatable bonds is 13. The summed E-state index contributed by atoms with van der Waals surface area (Å²) in [7, 11) is -3.44. The van der Waals surface area contributed by atoms with Gasteiger partial charge in [-0.15, -0.1) is 11.3 Å². The summed E-state index contributed by atoms with van der Waals surface area (Å²) >= 11 is 13.5. The summed E-state index contributed by atoms with van der Waals surface area (Å²) in [5.74, 6) is -1.33. The van der Waals surface area contributed by atoms with Gasteiger partial charge in [-0.3, -0.25) is 4.79 Å². The van der Waals surface area contributed by atoms with Crippen molar-refractivity contribution in [3.05, 3.63) is 117 Å². The Kier molecular flexibility index (Phi) is 10.2. The van der Waals surface area contributed by atoms with Crippen LogP contribution in [0.3, 0.4) is 0 Å². The summed E-state index contributed by atoms with van der Waals surface area (Å²) in [6.45, 7) is 0.220. The molecule has 4 aromatic carbocycles. The molecule has 232 valence electrons. The lowest BCUT2D eigenvalue weighted by Gasteiger charge is -2.17. The van der Waals surface area contributed by atoms with Crippen LogP contribution < -0.4 is 14.8 Å². The fraction of sp³-hybridized carbons (Fsp3) is 0.156. The SMILES string of the molecule is O=C(NC(Oc1ccc(CCCS(=O)(=O)c2ccc(Cl)cc2)cc1)C(=O)O)c1ccc(OCc2nc3c(Cl)cccc3s2)cc1. The minimum Gasteiger partial charge on any atom is -0.486 e. The summed E-state index contributed by atoms with van der Waals surface area (Å²) in [6.07, 6.45) is -0.768. The van der Waals surface area contributed by atoms with Crippen LogP contribution in [0.5, 0.6) is 11.5 Å². The van der Waals surface area contributed by atoms with Crippen molar-refractivity contribution in [3.63, 3.8) is 0 Å². The summed E-state index contributed by atoms with van der Waals surface area (Å²) in [6, 6.07) is 24.4. The number of aliphatic carboxylic acids is 1. The average molecular weight is 686 g/mol. The molecule has 0 aliphatic carbocycles. The second-order valence-electron chi connectivity index (χ2n) is 9.84. The molecule has 0 spiro atoms. The fourth-order valence-electron chi connectivity index (χ4n) is 4.31. The molecule has 1 aromatic heterocycles. The van der Waals surface area contributed by atoms with E-state index in [4.69, 9.17) is 32.7 Å². The van der Waals surface area contributed by atoms with Gasteiger partial charge in [0.1, 0.15) is 28.6 Å². The summed E-state index contributed by atoms with van der Waals surface area (Å²) in [5.41, 5.74) is 1.78. The predicted molar refractivity (Wildman–Crippen MR) is 173 cm³/mol. The molecule has 1 heterocycles. The number of para-hydroxylation sites is 1. The highest BCUT2D eigenvalue weighted by Crippen LogP contribution is 2.28. The van der Waals surface area contributed by atoms with Crippen LogP contribution in [-0.2, 0) is 27.7 Å². The van der Waals surface area contributed by atoms with E-state index in [-0.39, 0.29) is 28.6 Å². The van der Waals surface area contributed by atoms with Gasteiger partial charge in [-0.2, -0.15) is 0 Å². The number of ether oxygens (including phenoxy) is 2. The molecule has 0 fully saturated rings. The number of benzene rings is 4. The first-order valence-electron chi connectivity index (χ1n) is 13.6. The normalized spacial score (nSPS) is 12.0. The summed E-state index contributed by atoms with van der Waals surface area (Å²) in [4.78, 5) is 29.3. The number of carbonyl (C=O) groups excluding carboxylic acids is 1. The van der Waals surface area contributed by atoms with Gasteiger partial charge in [-0.05, 0) is 91.2 Å². The minimum absolute atomic E-state index is 0.0361. The first-order valence-corrected chi connectivity index (χ1v) is 16.8. The van der Waals surface area contributed by atoms with Crippen molar-refractivity contribution in [3.8, 4) is 11.5 Å². The Balaban J connectivity index is 1.11. The molecular weight excluding hydrogens is 659 g/mol. The Labute approximate surface area is 273 Å². The van der Waals surface area contributed by atoms with Crippen LogP contribution in [0.1, 0.15) is 27.3 Å². The lowest BCUT2D eigenvalue weighted by atomic mass is 10.1. The van der Waals surface area contributed by atoms with Gasteiger partial charge in [0.05, 0.1) is 20.4 Å². The number of carboxylic acids is 1. The Morgan fingerprint density at radius 2 is 1.60 bits per heavy atom. The van der Waals surface area contributed by atoms with E-state index in [1.165, 1.54) is 47.7 Å². The molecule has 0 aliphatic heterocycles. The van der Waals surface area contributed by atoms with Gasteiger partial charge >= 0.3 is 5.97 Å². The number of carbonyl (C=O) groups is 2. The number of carboxylic acid groups (broad SMARTS) is 1. The van der Waals surface area contributed by atoms with Crippen LogP contribution >= 0.6 is 34.5 Å². The maximum absolute atomic E-state index is 12.8. The van der Waals surface area contributed by atoms with Gasteiger partial charge in [0.2, 0.25) is 0 Å². The first-order chi connectivity index (χ1) is 21.6. The summed E-state index contributed by atoms with van der Waals surface area (Å²) < 4.78 is 37.3. The van der Waals surface area contributed by atoms with Gasteiger partial charge in [-0.25, -0.2) is 18.2 Å². The van der Waals surface area contributed by atoms with Crippen LogP contribution in [0.4, 0.5) is 0 Å². The summed E-state index contributed by atoms with van der Waals surface area (Å²) in [5, 5.41) is 13.8. The molecule has 9 nitrogen and oxygen atoms in total. The zero-order valence-corrected chi connectivity index (χ0v) is 26.6. The van der Waals surface area contributed by atoms with Crippen molar-refractivity contribution in [2.75, 3.05) is 5.75 Å². The maximum atomic E-state index is 12.8. The molecule has 5 aromatic rings. The first kappa shape index (κ1) is 32.2. The molecule has 0 radical (unpaired) electrons. The number of halogens is 2. The van der Waals surface area contributed by atoms with Crippen molar-refractivity contribution >= 4 is 66.5 Å². The maximum Gasteiger partial charge on any atom is 0.366 e. The molecule has 1 unspecified atom stereocenters. The van der Waals surface area contributed by atoms with E-state index in [2.05, 4.69) is 10.3 Å². The van der Waals surface area contributed by atoms with E-state index < -0.39 is 27.9 Å². The number of aryl methyl sites for hydroxylation is 1. The molecule has 0 saturated heterocycles. The van der Waals surface area contributed by atoms with Gasteiger partial charge in [-0.1, -0.05) is 41.4 Å². The van der Waals surface area contributed by atoms with E-state index in [1.807, 2.05) is 12.1 Å². The number of fused-ring (bicyclic) bond motifs is 1. The van der Waals surface area contributed by atoms with Crippen molar-refractivity contribution in [2.45, 2.75) is 30.6 Å². The lowest BCUT2D eigenvalue weighted by Crippen LogP contribution is -2.44. The van der Waals surface area contributed by atoms with Crippen molar-refractivity contribution in [1.82, 2.24) is 10.3 Å². The predicted octanol–water partition coefficient (Wildman–Crippen LogP) is 6.81. The molecule has 1 atom stereocenters. The van der Waals surface area contributed by atoms with Crippen LogP contribution in [0.2, 0.25) is 10.0 Å².